The average Bonchev–Trinajstić information content (AvgIpc) is 3.28. The first kappa shape index (κ1) is 30.9. The van der Waals surface area contributed by atoms with Crippen LogP contribution in [-0.2, 0) is 19.1 Å². The second kappa shape index (κ2) is 13.7. The number of urea groups is 1. The van der Waals surface area contributed by atoms with Crippen molar-refractivity contribution in [3.8, 4) is 11.1 Å². The van der Waals surface area contributed by atoms with Crippen LogP contribution >= 0.6 is 0 Å². The highest BCUT2D eigenvalue weighted by Crippen LogP contribution is 2.44. The quantitative estimate of drug-likeness (QED) is 0.269. The lowest BCUT2D eigenvalue weighted by Crippen LogP contribution is -2.46. The molecule has 42 heavy (non-hydrogen) atoms. The van der Waals surface area contributed by atoms with Gasteiger partial charge in [-0.05, 0) is 75.1 Å². The van der Waals surface area contributed by atoms with Gasteiger partial charge in [0, 0.05) is 25.6 Å². The number of carbonyl (C=O) groups is 4. The molecule has 1 aliphatic carbocycles. The normalized spacial score (nSPS) is 15.7. The molecule has 0 spiro atoms. The van der Waals surface area contributed by atoms with Gasteiger partial charge in [0.2, 0.25) is 0 Å². The molecular formula is C32H41N3O7. The smallest absolute Gasteiger partial charge is 0.407 e. The Labute approximate surface area is 246 Å². The first-order valence-electron chi connectivity index (χ1n) is 14.6. The van der Waals surface area contributed by atoms with Crippen LogP contribution < -0.4 is 10.6 Å². The summed E-state index contributed by atoms with van der Waals surface area (Å²) in [5.41, 5.74) is 3.86. The van der Waals surface area contributed by atoms with Crippen LogP contribution in [0.2, 0.25) is 0 Å². The number of aliphatic carboxylic acids is 1. The zero-order chi connectivity index (χ0) is 30.3. The molecule has 1 atom stereocenters. The van der Waals surface area contributed by atoms with E-state index in [4.69, 9.17) is 9.47 Å². The minimum absolute atomic E-state index is 0.104. The SMILES string of the molecule is CC(C)(C)OC(=O)C1CCN(C(=O)NCCCC[C@H](NC(=O)OCC2c3ccccc3-c3ccccc32)C(=O)O)CC1. The molecule has 1 saturated heterocycles. The molecule has 10 heteroatoms. The zero-order valence-corrected chi connectivity index (χ0v) is 24.6. The number of ether oxygens (including phenoxy) is 2. The number of alkyl carbamates (subject to hydrolysis) is 1. The van der Waals surface area contributed by atoms with Gasteiger partial charge in [-0.3, -0.25) is 4.79 Å². The monoisotopic (exact) mass is 579 g/mol. The highest BCUT2D eigenvalue weighted by Gasteiger charge is 2.31. The van der Waals surface area contributed by atoms with E-state index in [9.17, 15) is 24.3 Å². The van der Waals surface area contributed by atoms with E-state index in [0.717, 1.165) is 22.3 Å². The molecular weight excluding hydrogens is 538 g/mol. The Morgan fingerprint density at radius 3 is 2.12 bits per heavy atom. The van der Waals surface area contributed by atoms with Gasteiger partial charge in [-0.25, -0.2) is 14.4 Å². The number of amides is 3. The molecule has 1 heterocycles. The fourth-order valence-electron chi connectivity index (χ4n) is 5.52. The maximum Gasteiger partial charge on any atom is 0.407 e. The molecule has 4 rings (SSSR count). The number of hydrogen-bond acceptors (Lipinski definition) is 6. The summed E-state index contributed by atoms with van der Waals surface area (Å²) >= 11 is 0. The van der Waals surface area contributed by atoms with Gasteiger partial charge in [-0.1, -0.05) is 48.5 Å². The highest BCUT2D eigenvalue weighted by molar-refractivity contribution is 5.81. The molecule has 10 nitrogen and oxygen atoms in total. The van der Waals surface area contributed by atoms with Gasteiger partial charge in [-0.15, -0.1) is 0 Å². The standard InChI is InChI=1S/C32H41N3O7/c1-32(2,3)42-29(38)21-15-18-35(19-16-21)30(39)33-17-9-8-14-27(28(36)37)34-31(40)41-20-26-24-12-6-4-10-22(24)23-11-5-7-13-25(23)26/h4-7,10-13,21,26-27H,8-9,14-20H2,1-3H3,(H,33,39)(H,34,40)(H,36,37)/t27-/m0/s1. The molecule has 0 bridgehead atoms. The summed E-state index contributed by atoms with van der Waals surface area (Å²) in [6.07, 6.45) is 1.59. The van der Waals surface area contributed by atoms with Crippen molar-refractivity contribution in [2.75, 3.05) is 26.2 Å². The minimum Gasteiger partial charge on any atom is -0.480 e. The van der Waals surface area contributed by atoms with E-state index < -0.39 is 23.7 Å². The summed E-state index contributed by atoms with van der Waals surface area (Å²) in [6, 6.07) is 14.7. The van der Waals surface area contributed by atoms with Crippen LogP contribution in [0.25, 0.3) is 11.1 Å². The fraction of sp³-hybridized carbons (Fsp3) is 0.500. The number of carboxylic acid groups (broad SMARTS) is 1. The minimum atomic E-state index is -1.14. The number of fused-ring (bicyclic) bond motifs is 3. The number of unbranched alkanes of at least 4 members (excludes halogenated alkanes) is 1. The Kier molecular flexibility index (Phi) is 10.1. The molecule has 2 aromatic rings. The third kappa shape index (κ3) is 8.02. The number of carboxylic acids is 1. The summed E-state index contributed by atoms with van der Waals surface area (Å²) in [7, 11) is 0. The Morgan fingerprint density at radius 2 is 1.55 bits per heavy atom. The first-order valence-corrected chi connectivity index (χ1v) is 14.6. The van der Waals surface area contributed by atoms with Crippen molar-refractivity contribution in [3.05, 3.63) is 59.7 Å². The van der Waals surface area contributed by atoms with Crippen LogP contribution in [0.1, 0.15) is 69.9 Å². The maximum absolute atomic E-state index is 12.5. The Hall–Kier alpha value is -4.08. The number of nitrogens with zero attached hydrogens (tertiary/aromatic N) is 1. The van der Waals surface area contributed by atoms with Crippen LogP contribution in [0, 0.1) is 5.92 Å². The molecule has 0 radical (unpaired) electrons. The summed E-state index contributed by atoms with van der Waals surface area (Å²) in [5, 5.41) is 15.0. The van der Waals surface area contributed by atoms with E-state index in [1.165, 1.54) is 0 Å². The lowest BCUT2D eigenvalue weighted by molar-refractivity contribution is -0.161. The summed E-state index contributed by atoms with van der Waals surface area (Å²) in [4.78, 5) is 50.8. The summed E-state index contributed by atoms with van der Waals surface area (Å²) in [6.45, 7) is 6.94. The maximum atomic E-state index is 12.5. The number of benzene rings is 2. The van der Waals surface area contributed by atoms with Crippen molar-refractivity contribution in [2.45, 2.75) is 70.4 Å². The number of carbonyl (C=O) groups excluding carboxylic acids is 3. The van der Waals surface area contributed by atoms with Gasteiger partial charge in [0.25, 0.3) is 0 Å². The number of likely N-dealkylation sites (tertiary alicyclic amines) is 1. The average molecular weight is 580 g/mol. The third-order valence-electron chi connectivity index (χ3n) is 7.65. The van der Waals surface area contributed by atoms with Crippen LogP contribution in [0.3, 0.4) is 0 Å². The number of rotatable bonds is 10. The van der Waals surface area contributed by atoms with E-state index in [2.05, 4.69) is 10.6 Å². The third-order valence-corrected chi connectivity index (χ3v) is 7.65. The molecule has 0 aromatic heterocycles. The summed E-state index contributed by atoms with van der Waals surface area (Å²) < 4.78 is 10.9. The molecule has 3 amide bonds. The van der Waals surface area contributed by atoms with Crippen LogP contribution in [0.5, 0.6) is 0 Å². The summed E-state index contributed by atoms with van der Waals surface area (Å²) in [5.74, 6) is -1.68. The van der Waals surface area contributed by atoms with Crippen molar-refractivity contribution in [1.82, 2.24) is 15.5 Å². The molecule has 1 fully saturated rings. The van der Waals surface area contributed by atoms with Crippen LogP contribution in [0.15, 0.2) is 48.5 Å². The van der Waals surface area contributed by atoms with Crippen molar-refractivity contribution in [3.63, 3.8) is 0 Å². The van der Waals surface area contributed by atoms with E-state index >= 15 is 0 Å². The number of esters is 1. The van der Waals surface area contributed by atoms with Crippen molar-refractivity contribution in [1.29, 1.82) is 0 Å². The largest absolute Gasteiger partial charge is 0.480 e. The number of piperidine rings is 1. The van der Waals surface area contributed by atoms with Crippen molar-refractivity contribution in [2.24, 2.45) is 5.92 Å². The molecule has 0 saturated carbocycles. The predicted molar refractivity (Wildman–Crippen MR) is 157 cm³/mol. The van der Waals surface area contributed by atoms with E-state index in [1.807, 2.05) is 69.3 Å². The van der Waals surface area contributed by atoms with Gasteiger partial charge < -0.3 is 30.1 Å². The Bertz CT molecular complexity index is 1240. The second-order valence-corrected chi connectivity index (χ2v) is 11.9. The zero-order valence-electron chi connectivity index (χ0n) is 24.6. The molecule has 3 N–H and O–H groups in total. The lowest BCUT2D eigenvalue weighted by Gasteiger charge is -2.32. The van der Waals surface area contributed by atoms with Gasteiger partial charge >= 0.3 is 24.1 Å². The first-order chi connectivity index (χ1) is 20.0. The lowest BCUT2D eigenvalue weighted by atomic mass is 9.97. The second-order valence-electron chi connectivity index (χ2n) is 11.9. The molecule has 2 aromatic carbocycles. The highest BCUT2D eigenvalue weighted by atomic mass is 16.6. The van der Waals surface area contributed by atoms with E-state index in [-0.39, 0.29) is 36.9 Å². The van der Waals surface area contributed by atoms with E-state index in [1.54, 1.807) is 4.90 Å². The molecule has 0 unspecified atom stereocenters. The van der Waals surface area contributed by atoms with Crippen molar-refractivity contribution < 1.29 is 33.8 Å². The van der Waals surface area contributed by atoms with Gasteiger partial charge in [0.15, 0.2) is 0 Å². The van der Waals surface area contributed by atoms with E-state index in [0.29, 0.717) is 45.3 Å². The topological polar surface area (TPSA) is 134 Å². The van der Waals surface area contributed by atoms with Crippen LogP contribution in [-0.4, -0.2) is 72.0 Å². The molecule has 2 aliphatic rings. The van der Waals surface area contributed by atoms with Gasteiger partial charge in [0.05, 0.1) is 5.92 Å². The fourth-order valence-corrected chi connectivity index (χ4v) is 5.52. The van der Waals surface area contributed by atoms with Gasteiger partial charge in [-0.2, -0.15) is 0 Å². The predicted octanol–water partition coefficient (Wildman–Crippen LogP) is 4.91. The number of hydrogen-bond donors (Lipinski definition) is 3. The van der Waals surface area contributed by atoms with Gasteiger partial charge in [0.1, 0.15) is 18.2 Å². The van der Waals surface area contributed by atoms with Crippen LogP contribution in [0.4, 0.5) is 9.59 Å². The molecule has 1 aliphatic heterocycles. The molecule has 226 valence electrons. The Morgan fingerprint density at radius 1 is 0.952 bits per heavy atom. The van der Waals surface area contributed by atoms with Crippen molar-refractivity contribution >= 4 is 24.1 Å². The number of nitrogens with one attached hydrogen (secondary N) is 2. The Balaban J connectivity index is 1.15.